The molecule has 1 aliphatic carbocycles. The standard InChI is InChI=1S/C24H32F2N2O3.C9H12N2O2/c1-16-12-19(30-5)18(13-27-10-7-23(8-11-27)14-24(25,26)15-23)17-6-9-28(20(16)17)21(29)31-22(2,3)4;1-3-10-8-6-4-5-7(11-8)9(12)13-2/h6,9,12H,7-8,10-11,13-15H2,1-5H3;4-6H,3H2,1-2H3,(H,10,11). The Kier molecular flexibility index (Phi) is 9.87. The van der Waals surface area contributed by atoms with E-state index in [9.17, 15) is 18.4 Å². The lowest BCUT2D eigenvalue weighted by atomic mass is 9.61. The van der Waals surface area contributed by atoms with Crippen LogP contribution >= 0.6 is 0 Å². The second-order valence-corrected chi connectivity index (χ2v) is 12.7. The van der Waals surface area contributed by atoms with E-state index in [1.54, 1.807) is 36.1 Å². The maximum Gasteiger partial charge on any atom is 0.419 e. The first kappa shape index (κ1) is 33.2. The van der Waals surface area contributed by atoms with Gasteiger partial charge in [-0.05, 0) is 95.8 Å². The Morgan fingerprint density at radius 3 is 2.34 bits per heavy atom. The Labute approximate surface area is 257 Å². The summed E-state index contributed by atoms with van der Waals surface area (Å²) in [5.74, 6) is -1.42. The first-order chi connectivity index (χ1) is 20.7. The number of nitrogens with one attached hydrogen (secondary N) is 1. The number of fused-ring (bicyclic) bond motifs is 1. The molecule has 3 heterocycles. The van der Waals surface area contributed by atoms with Crippen molar-refractivity contribution < 1.29 is 32.6 Å². The highest BCUT2D eigenvalue weighted by molar-refractivity contribution is 5.95. The third-order valence-corrected chi connectivity index (χ3v) is 8.11. The average molecular weight is 615 g/mol. The number of methoxy groups -OCH3 is 2. The molecule has 1 saturated carbocycles. The van der Waals surface area contributed by atoms with Crippen molar-refractivity contribution >= 4 is 28.8 Å². The highest BCUT2D eigenvalue weighted by Crippen LogP contribution is 2.57. The fraction of sp³-hybridized carbons (Fsp3) is 0.545. The van der Waals surface area contributed by atoms with Gasteiger partial charge < -0.3 is 19.5 Å². The second kappa shape index (κ2) is 13.1. The molecule has 0 unspecified atom stereocenters. The van der Waals surface area contributed by atoms with Crippen molar-refractivity contribution in [2.24, 2.45) is 5.41 Å². The molecule has 9 nitrogen and oxygen atoms in total. The number of aromatic nitrogens is 2. The molecule has 240 valence electrons. The van der Waals surface area contributed by atoms with E-state index in [2.05, 4.69) is 19.9 Å². The summed E-state index contributed by atoms with van der Waals surface area (Å²) in [7, 11) is 2.99. The van der Waals surface area contributed by atoms with Crippen LogP contribution in [0.5, 0.6) is 5.75 Å². The summed E-state index contributed by atoms with van der Waals surface area (Å²) >= 11 is 0. The van der Waals surface area contributed by atoms with Gasteiger partial charge in [0, 0.05) is 43.1 Å². The quantitative estimate of drug-likeness (QED) is 0.295. The lowest BCUT2D eigenvalue weighted by molar-refractivity contribution is -0.178. The molecule has 11 heteroatoms. The van der Waals surface area contributed by atoms with Gasteiger partial charge in [0.25, 0.3) is 0 Å². The number of carbonyl (C=O) groups is 2. The van der Waals surface area contributed by atoms with E-state index in [0.717, 1.165) is 60.3 Å². The summed E-state index contributed by atoms with van der Waals surface area (Å²) in [5.41, 5.74) is 2.32. The number of esters is 1. The lowest BCUT2D eigenvalue weighted by Crippen LogP contribution is -2.52. The van der Waals surface area contributed by atoms with Crippen molar-refractivity contribution in [1.29, 1.82) is 0 Å². The molecule has 1 N–H and O–H groups in total. The number of ether oxygens (including phenoxy) is 3. The summed E-state index contributed by atoms with van der Waals surface area (Å²) in [6.07, 6.45) is 3.01. The fourth-order valence-electron chi connectivity index (χ4n) is 6.11. The Morgan fingerprint density at radius 2 is 1.77 bits per heavy atom. The van der Waals surface area contributed by atoms with Crippen LogP contribution in [0.25, 0.3) is 10.9 Å². The van der Waals surface area contributed by atoms with E-state index in [-0.39, 0.29) is 18.3 Å². The van der Waals surface area contributed by atoms with Crippen molar-refractivity contribution in [1.82, 2.24) is 14.5 Å². The molecule has 1 spiro atoms. The first-order valence-corrected chi connectivity index (χ1v) is 15.0. The predicted molar refractivity (Wildman–Crippen MR) is 166 cm³/mol. The minimum atomic E-state index is -2.47. The van der Waals surface area contributed by atoms with E-state index in [0.29, 0.717) is 18.1 Å². The number of likely N-dealkylation sites (tertiary alicyclic amines) is 1. The Morgan fingerprint density at radius 1 is 1.09 bits per heavy atom. The van der Waals surface area contributed by atoms with Crippen molar-refractivity contribution in [3.8, 4) is 5.75 Å². The largest absolute Gasteiger partial charge is 0.496 e. The van der Waals surface area contributed by atoms with E-state index in [1.165, 1.54) is 7.11 Å². The van der Waals surface area contributed by atoms with E-state index < -0.39 is 23.6 Å². The molecule has 1 saturated heterocycles. The van der Waals surface area contributed by atoms with E-state index >= 15 is 0 Å². The number of rotatable bonds is 6. The molecule has 5 rings (SSSR count). The van der Waals surface area contributed by atoms with Crippen LogP contribution in [0.4, 0.5) is 19.4 Å². The van der Waals surface area contributed by atoms with Gasteiger partial charge in [0.05, 0.1) is 19.7 Å². The topological polar surface area (TPSA) is 94.9 Å². The number of nitrogens with zero attached hydrogens (tertiary/aromatic N) is 3. The first-order valence-electron chi connectivity index (χ1n) is 15.0. The third kappa shape index (κ3) is 7.67. The summed E-state index contributed by atoms with van der Waals surface area (Å²) < 4.78 is 44.2. The Hall–Kier alpha value is -3.73. The van der Waals surface area contributed by atoms with Gasteiger partial charge in [0.1, 0.15) is 17.2 Å². The van der Waals surface area contributed by atoms with Crippen LogP contribution in [0.2, 0.25) is 0 Å². The normalized spacial score (nSPS) is 17.3. The second-order valence-electron chi connectivity index (χ2n) is 12.7. The highest BCUT2D eigenvalue weighted by Gasteiger charge is 2.56. The Bertz CT molecular complexity index is 1480. The maximum absolute atomic E-state index is 13.4. The summed E-state index contributed by atoms with van der Waals surface area (Å²) in [5, 5.41) is 3.96. The van der Waals surface area contributed by atoms with Gasteiger partial charge in [0.15, 0.2) is 5.69 Å². The van der Waals surface area contributed by atoms with Crippen molar-refractivity contribution in [3.05, 3.63) is 53.3 Å². The number of hydrogen-bond acceptors (Lipinski definition) is 8. The molecule has 2 aliphatic rings. The van der Waals surface area contributed by atoms with Crippen molar-refractivity contribution in [2.75, 3.05) is 39.2 Å². The van der Waals surface area contributed by atoms with Gasteiger partial charge in [-0.2, -0.15) is 0 Å². The molecule has 1 aromatic carbocycles. The number of hydrogen-bond donors (Lipinski definition) is 1. The molecule has 0 bridgehead atoms. The third-order valence-electron chi connectivity index (χ3n) is 8.11. The van der Waals surface area contributed by atoms with Crippen molar-refractivity contribution in [3.63, 3.8) is 0 Å². The van der Waals surface area contributed by atoms with Gasteiger partial charge in [-0.3, -0.25) is 9.47 Å². The number of halogens is 2. The number of pyridine rings is 1. The van der Waals surface area contributed by atoms with Gasteiger partial charge in [-0.25, -0.2) is 23.4 Å². The minimum Gasteiger partial charge on any atom is -0.496 e. The smallest absolute Gasteiger partial charge is 0.419 e. The average Bonchev–Trinajstić information content (AvgIpc) is 3.40. The summed E-state index contributed by atoms with van der Waals surface area (Å²) in [6, 6.07) is 9.07. The number of anilines is 1. The number of piperidine rings is 1. The number of benzene rings is 1. The van der Waals surface area contributed by atoms with Crippen LogP contribution in [0.1, 0.15) is 75.0 Å². The number of carbonyl (C=O) groups excluding carboxylic acids is 2. The zero-order chi connectivity index (χ0) is 32.3. The van der Waals surface area contributed by atoms with Gasteiger partial charge in [0.2, 0.25) is 5.92 Å². The van der Waals surface area contributed by atoms with Crippen LogP contribution in [0.3, 0.4) is 0 Å². The molecule has 2 fully saturated rings. The monoisotopic (exact) mass is 614 g/mol. The van der Waals surface area contributed by atoms with Crippen LogP contribution in [0, 0.1) is 12.3 Å². The van der Waals surface area contributed by atoms with Crippen LogP contribution in [0.15, 0.2) is 36.5 Å². The highest BCUT2D eigenvalue weighted by atomic mass is 19.3. The molecule has 2 aromatic heterocycles. The lowest BCUT2D eigenvalue weighted by Gasteiger charge is -2.51. The van der Waals surface area contributed by atoms with Crippen molar-refractivity contribution in [2.45, 2.75) is 78.4 Å². The predicted octanol–water partition coefficient (Wildman–Crippen LogP) is 7.05. The Balaban J connectivity index is 0.000000285. The van der Waals surface area contributed by atoms with Crippen LogP contribution in [-0.2, 0) is 16.0 Å². The molecule has 44 heavy (non-hydrogen) atoms. The number of aryl methyl sites for hydroxylation is 1. The van der Waals surface area contributed by atoms with E-state index in [4.69, 9.17) is 9.47 Å². The zero-order valence-electron chi connectivity index (χ0n) is 26.8. The van der Waals surface area contributed by atoms with Crippen LogP contribution < -0.4 is 10.1 Å². The minimum absolute atomic E-state index is 0.0324. The van der Waals surface area contributed by atoms with E-state index in [1.807, 2.05) is 46.8 Å². The molecular formula is C33H44F2N4O5. The molecule has 0 atom stereocenters. The maximum atomic E-state index is 13.4. The molecule has 0 radical (unpaired) electrons. The number of alkyl halides is 2. The van der Waals surface area contributed by atoms with Crippen LogP contribution in [-0.4, -0.2) is 71.9 Å². The van der Waals surface area contributed by atoms with Gasteiger partial charge >= 0.3 is 12.1 Å². The molecule has 1 aliphatic heterocycles. The molecule has 0 amide bonds. The summed E-state index contributed by atoms with van der Waals surface area (Å²) in [4.78, 5) is 30.2. The molecular weight excluding hydrogens is 570 g/mol. The van der Waals surface area contributed by atoms with Gasteiger partial charge in [-0.15, -0.1) is 0 Å². The van der Waals surface area contributed by atoms with Gasteiger partial charge in [-0.1, -0.05) is 6.07 Å². The molecule has 3 aromatic rings. The SMILES string of the molecule is CCNc1cccc(C(=O)OC)n1.COc1cc(C)c2c(ccn2C(=O)OC(C)(C)C)c1CN1CCC2(CC1)CC(F)(F)C2. The fourth-order valence-corrected chi connectivity index (χ4v) is 6.11. The summed E-state index contributed by atoms with van der Waals surface area (Å²) in [6.45, 7) is 12.5. The zero-order valence-corrected chi connectivity index (χ0v) is 26.8.